The fourth-order valence-corrected chi connectivity index (χ4v) is 6.31. The summed E-state index contributed by atoms with van der Waals surface area (Å²) in [5, 5.41) is -2.18. The van der Waals surface area contributed by atoms with Crippen molar-refractivity contribution in [3.05, 3.63) is 87.8 Å². The minimum absolute atomic E-state index is 0.223. The number of para-hydroxylation sites is 1. The van der Waals surface area contributed by atoms with E-state index in [1.165, 1.54) is 44.6 Å². The van der Waals surface area contributed by atoms with E-state index in [1.54, 1.807) is 53.8 Å². The van der Waals surface area contributed by atoms with Crippen LogP contribution >= 0.6 is 7.60 Å². The van der Waals surface area contributed by atoms with Gasteiger partial charge in [0.2, 0.25) is 0 Å². The van der Waals surface area contributed by atoms with Crippen LogP contribution in [0.5, 0.6) is 0 Å². The molecule has 1 amide bonds. The number of nitrogens with one attached hydrogen (secondary N) is 1. The minimum Gasteiger partial charge on any atom is -0.445 e. The first kappa shape index (κ1) is 29.2. The Morgan fingerprint density at radius 1 is 0.974 bits per heavy atom. The van der Waals surface area contributed by atoms with E-state index in [4.69, 9.17) is 13.8 Å². The molecule has 9 nitrogen and oxygen atoms in total. The molecule has 0 saturated carbocycles. The number of benzene rings is 2. The van der Waals surface area contributed by atoms with Gasteiger partial charge in [0.25, 0.3) is 10.8 Å². The molecule has 1 N–H and O–H groups in total. The number of hydrogen-bond donors (Lipinski definition) is 1. The Morgan fingerprint density at radius 3 is 2.00 bits per heavy atom. The summed E-state index contributed by atoms with van der Waals surface area (Å²) in [4.78, 5) is 26.6. The van der Waals surface area contributed by atoms with Crippen molar-refractivity contribution in [2.75, 3.05) is 13.2 Å². The van der Waals surface area contributed by atoms with Crippen molar-refractivity contribution in [3.8, 4) is 5.69 Å². The van der Waals surface area contributed by atoms with Crippen LogP contribution in [0, 0.1) is 6.92 Å². The number of alkyl halides is 3. The topological polar surface area (TPSA) is 101 Å². The second-order valence-corrected chi connectivity index (χ2v) is 10.3. The zero-order chi connectivity index (χ0) is 28.1. The number of carbonyl (C=O) groups excluding carboxylic acids is 1. The van der Waals surface area contributed by atoms with Crippen LogP contribution in [0.3, 0.4) is 0 Å². The molecule has 0 radical (unpaired) electrons. The standard InChI is InChI=1S/C25H29F3N3O6P/c1-5-36-38(34,37-6-2)24(25(26,27)28,29-23(33)35-17-19-13-9-7-10-14-19)21-18(3)30(4)31(22(21)32)20-15-11-8-12-16-20/h7-16H,5-6,17H2,1-4H3,(H,29,33). The molecule has 0 spiro atoms. The van der Waals surface area contributed by atoms with E-state index in [1.807, 2.05) is 0 Å². The fourth-order valence-electron chi connectivity index (χ4n) is 4.10. The molecule has 2 aromatic carbocycles. The number of nitrogens with zero attached hydrogens (tertiary/aromatic N) is 2. The summed E-state index contributed by atoms with van der Waals surface area (Å²) in [7, 11) is -4.00. The summed E-state index contributed by atoms with van der Waals surface area (Å²) in [5.41, 5.74) is -1.66. The molecule has 1 aromatic heterocycles. The lowest BCUT2D eigenvalue weighted by atomic mass is 10.1. The Morgan fingerprint density at radius 2 is 1.50 bits per heavy atom. The van der Waals surface area contributed by atoms with Crippen molar-refractivity contribution in [1.29, 1.82) is 0 Å². The molecule has 1 unspecified atom stereocenters. The van der Waals surface area contributed by atoms with Gasteiger partial charge in [-0.15, -0.1) is 0 Å². The second kappa shape index (κ2) is 11.6. The maximum atomic E-state index is 15.3. The molecule has 1 atom stereocenters. The van der Waals surface area contributed by atoms with E-state index >= 15 is 13.2 Å². The number of hydrogen-bond acceptors (Lipinski definition) is 6. The minimum atomic E-state index is -5.53. The van der Waals surface area contributed by atoms with E-state index in [-0.39, 0.29) is 18.0 Å². The maximum absolute atomic E-state index is 15.3. The van der Waals surface area contributed by atoms with Crippen molar-refractivity contribution >= 4 is 13.7 Å². The average molecular weight is 555 g/mol. The Labute approximate surface area is 217 Å². The lowest BCUT2D eigenvalue weighted by Gasteiger charge is -2.39. The SMILES string of the molecule is CCOP(=O)(OCC)C(NC(=O)OCc1ccccc1)(c1c(C)n(C)n(-c2ccccc2)c1=O)C(F)(F)F. The van der Waals surface area contributed by atoms with Crippen LogP contribution in [0.4, 0.5) is 18.0 Å². The van der Waals surface area contributed by atoms with Crippen LogP contribution in [0.25, 0.3) is 5.69 Å². The van der Waals surface area contributed by atoms with Gasteiger partial charge >= 0.3 is 19.9 Å². The predicted molar refractivity (Wildman–Crippen MR) is 134 cm³/mol. The zero-order valence-electron chi connectivity index (χ0n) is 21.3. The molecule has 3 aromatic rings. The van der Waals surface area contributed by atoms with Crippen LogP contribution in [-0.4, -0.2) is 34.8 Å². The Kier molecular flexibility index (Phi) is 8.91. The zero-order valence-corrected chi connectivity index (χ0v) is 22.2. The van der Waals surface area contributed by atoms with Gasteiger partial charge in [-0.3, -0.25) is 19.4 Å². The molecule has 0 fully saturated rings. The number of ether oxygens (including phenoxy) is 1. The number of halogens is 3. The van der Waals surface area contributed by atoms with Crippen LogP contribution < -0.4 is 10.9 Å². The van der Waals surface area contributed by atoms with Gasteiger partial charge in [-0.05, 0) is 38.5 Å². The Bertz CT molecular complexity index is 1350. The van der Waals surface area contributed by atoms with E-state index in [9.17, 15) is 14.2 Å². The number of alkyl carbamates (subject to hydrolysis) is 1. The highest BCUT2D eigenvalue weighted by Crippen LogP contribution is 2.69. The summed E-state index contributed by atoms with van der Waals surface area (Å²) in [6.45, 7) is 2.58. The molecule has 0 aliphatic heterocycles. The highest BCUT2D eigenvalue weighted by Gasteiger charge is 2.73. The van der Waals surface area contributed by atoms with Gasteiger partial charge in [0.1, 0.15) is 6.61 Å². The molecule has 206 valence electrons. The van der Waals surface area contributed by atoms with Gasteiger partial charge in [-0.2, -0.15) is 13.2 Å². The second-order valence-electron chi connectivity index (χ2n) is 8.16. The van der Waals surface area contributed by atoms with Crippen molar-refractivity contribution in [1.82, 2.24) is 14.7 Å². The molecule has 1 heterocycles. The Balaban J connectivity index is 2.29. The first-order chi connectivity index (χ1) is 17.9. The van der Waals surface area contributed by atoms with Gasteiger partial charge in [-0.25, -0.2) is 9.48 Å². The normalized spacial score (nSPS) is 13.7. The third-order valence-corrected chi connectivity index (χ3v) is 8.44. The fraction of sp³-hybridized carbons (Fsp3) is 0.360. The van der Waals surface area contributed by atoms with Gasteiger partial charge in [0.05, 0.1) is 24.5 Å². The van der Waals surface area contributed by atoms with Gasteiger partial charge < -0.3 is 13.8 Å². The van der Waals surface area contributed by atoms with Crippen LogP contribution in [-0.2, 0) is 37.3 Å². The summed E-state index contributed by atoms with van der Waals surface area (Å²) in [6, 6.07) is 16.2. The van der Waals surface area contributed by atoms with Crippen LogP contribution in [0.15, 0.2) is 65.5 Å². The molecular weight excluding hydrogens is 526 g/mol. The van der Waals surface area contributed by atoms with Crippen molar-refractivity contribution in [2.45, 2.75) is 38.8 Å². The third kappa shape index (κ3) is 5.29. The van der Waals surface area contributed by atoms with Crippen LogP contribution in [0.2, 0.25) is 0 Å². The molecule has 0 saturated heterocycles. The lowest BCUT2D eigenvalue weighted by molar-refractivity contribution is -0.178. The molecule has 0 aliphatic carbocycles. The largest absolute Gasteiger partial charge is 0.445 e. The van der Waals surface area contributed by atoms with Gasteiger partial charge in [-0.1, -0.05) is 48.5 Å². The van der Waals surface area contributed by atoms with E-state index in [2.05, 4.69) is 0 Å². The van der Waals surface area contributed by atoms with Crippen molar-refractivity contribution < 1.29 is 36.3 Å². The third-order valence-electron chi connectivity index (χ3n) is 5.83. The predicted octanol–water partition coefficient (Wildman–Crippen LogP) is 5.39. The molecule has 0 aliphatic rings. The summed E-state index contributed by atoms with van der Waals surface area (Å²) in [6.07, 6.45) is -7.10. The van der Waals surface area contributed by atoms with Gasteiger partial charge in [0, 0.05) is 12.7 Å². The van der Waals surface area contributed by atoms with Gasteiger partial charge in [0.15, 0.2) is 0 Å². The highest BCUT2D eigenvalue weighted by molar-refractivity contribution is 7.55. The summed E-state index contributed by atoms with van der Waals surface area (Å²) >= 11 is 0. The number of rotatable bonds is 10. The molecular formula is C25H29F3N3O6P. The first-order valence-electron chi connectivity index (χ1n) is 11.7. The van der Waals surface area contributed by atoms with E-state index in [0.717, 1.165) is 4.68 Å². The average Bonchev–Trinajstić information content (AvgIpc) is 3.09. The Hall–Kier alpha value is -3.34. The lowest BCUT2D eigenvalue weighted by Crippen LogP contribution is -2.58. The van der Waals surface area contributed by atoms with Crippen molar-refractivity contribution in [2.24, 2.45) is 7.05 Å². The van der Waals surface area contributed by atoms with Crippen LogP contribution in [0.1, 0.15) is 30.7 Å². The maximum Gasteiger partial charge on any atom is 0.428 e. The summed E-state index contributed by atoms with van der Waals surface area (Å²) < 4.78 is 77.3. The quantitative estimate of drug-likeness (QED) is 0.337. The molecule has 13 heteroatoms. The summed E-state index contributed by atoms with van der Waals surface area (Å²) in [5.74, 6) is 0. The van der Waals surface area contributed by atoms with E-state index in [0.29, 0.717) is 5.56 Å². The molecule has 3 rings (SSSR count). The number of amides is 1. The highest BCUT2D eigenvalue weighted by atomic mass is 31.2. The number of aromatic nitrogens is 2. The van der Waals surface area contributed by atoms with E-state index < -0.39 is 49.5 Å². The number of carbonyl (C=O) groups is 1. The first-order valence-corrected chi connectivity index (χ1v) is 13.3. The molecule has 38 heavy (non-hydrogen) atoms. The monoisotopic (exact) mass is 555 g/mol. The smallest absolute Gasteiger partial charge is 0.428 e. The molecule has 0 bridgehead atoms. The van der Waals surface area contributed by atoms with Crippen molar-refractivity contribution in [3.63, 3.8) is 0 Å².